The fraction of sp³-hybridized carbons (Fsp3) is 0. The zero-order valence-electron chi connectivity index (χ0n) is 7.79. The Kier molecular flexibility index (Phi) is 2.09. The van der Waals surface area contributed by atoms with Crippen LogP contribution in [0.2, 0.25) is 0 Å². The molecule has 0 aliphatic rings. The molecule has 0 spiro atoms. The van der Waals surface area contributed by atoms with Crippen LogP contribution in [0, 0.1) is 0 Å². The van der Waals surface area contributed by atoms with Crippen LogP contribution < -0.4 is 11.5 Å². The monoisotopic (exact) mass is 203 g/mol. The van der Waals surface area contributed by atoms with Gasteiger partial charge in [0.15, 0.2) is 0 Å². The Morgan fingerprint density at radius 2 is 2.20 bits per heavy atom. The van der Waals surface area contributed by atoms with Crippen molar-refractivity contribution in [3.8, 4) is 5.69 Å². The van der Waals surface area contributed by atoms with Gasteiger partial charge in [-0.1, -0.05) is 0 Å². The second-order valence-electron chi connectivity index (χ2n) is 2.98. The van der Waals surface area contributed by atoms with Gasteiger partial charge in [-0.15, -0.1) is 0 Å². The number of nitrogens with zero attached hydrogens (tertiary/aromatic N) is 3. The topological polar surface area (TPSA) is 99.8 Å². The van der Waals surface area contributed by atoms with Crippen LogP contribution >= 0.6 is 0 Å². The number of nitrogens with two attached hydrogens (primary N) is 2. The predicted molar refractivity (Wildman–Crippen MR) is 54.3 cm³/mol. The average molecular weight is 203 g/mol. The predicted octanol–water partition coefficient (Wildman–Crippen LogP) is -0.0516. The lowest BCUT2D eigenvalue weighted by Gasteiger charge is -2.06. The number of carbonyl (C=O) groups excluding carboxylic acids is 1. The SMILES string of the molecule is NC(=O)c1cc(N)ccc1-n1cncn1. The van der Waals surface area contributed by atoms with Crippen LogP contribution in [0.3, 0.4) is 0 Å². The maximum atomic E-state index is 11.2. The van der Waals surface area contributed by atoms with Gasteiger partial charge in [0.25, 0.3) is 5.91 Å². The first kappa shape index (κ1) is 9.20. The second kappa shape index (κ2) is 3.41. The summed E-state index contributed by atoms with van der Waals surface area (Å²) in [4.78, 5) is 15.0. The summed E-state index contributed by atoms with van der Waals surface area (Å²) in [5.74, 6) is -0.548. The van der Waals surface area contributed by atoms with E-state index in [9.17, 15) is 4.79 Å². The number of anilines is 1. The van der Waals surface area contributed by atoms with Crippen molar-refractivity contribution in [1.82, 2.24) is 14.8 Å². The van der Waals surface area contributed by atoms with Crippen molar-refractivity contribution in [1.29, 1.82) is 0 Å². The van der Waals surface area contributed by atoms with Crippen molar-refractivity contribution in [2.24, 2.45) is 5.73 Å². The molecule has 1 aromatic carbocycles. The lowest BCUT2D eigenvalue weighted by atomic mass is 10.1. The third-order valence-corrected chi connectivity index (χ3v) is 1.95. The molecule has 76 valence electrons. The number of rotatable bonds is 2. The van der Waals surface area contributed by atoms with E-state index in [1.165, 1.54) is 23.4 Å². The highest BCUT2D eigenvalue weighted by Gasteiger charge is 2.10. The van der Waals surface area contributed by atoms with Crippen LogP contribution in [0.1, 0.15) is 10.4 Å². The summed E-state index contributed by atoms with van der Waals surface area (Å²) in [6.07, 6.45) is 2.86. The maximum Gasteiger partial charge on any atom is 0.250 e. The Labute approximate surface area is 85.5 Å². The molecule has 1 amide bonds. The van der Waals surface area contributed by atoms with E-state index in [2.05, 4.69) is 10.1 Å². The molecule has 0 fully saturated rings. The molecule has 15 heavy (non-hydrogen) atoms. The zero-order valence-corrected chi connectivity index (χ0v) is 7.79. The molecule has 6 nitrogen and oxygen atoms in total. The number of primary amides is 1. The first-order chi connectivity index (χ1) is 7.18. The normalized spacial score (nSPS) is 10.1. The molecule has 2 aromatic rings. The number of aromatic nitrogens is 3. The van der Waals surface area contributed by atoms with Crippen molar-refractivity contribution >= 4 is 11.6 Å². The van der Waals surface area contributed by atoms with Crippen LogP contribution in [-0.2, 0) is 0 Å². The number of hydrogen-bond acceptors (Lipinski definition) is 4. The molecule has 6 heteroatoms. The van der Waals surface area contributed by atoms with Crippen LogP contribution in [-0.4, -0.2) is 20.7 Å². The molecule has 1 heterocycles. The van der Waals surface area contributed by atoms with Crippen molar-refractivity contribution < 1.29 is 4.79 Å². The number of benzene rings is 1. The van der Waals surface area contributed by atoms with Crippen LogP contribution in [0.15, 0.2) is 30.9 Å². The van der Waals surface area contributed by atoms with Crippen molar-refractivity contribution in [2.45, 2.75) is 0 Å². The van der Waals surface area contributed by atoms with E-state index in [4.69, 9.17) is 11.5 Å². The lowest BCUT2D eigenvalue weighted by molar-refractivity contribution is 0.1000. The Balaban J connectivity index is 2.61. The highest BCUT2D eigenvalue weighted by molar-refractivity contribution is 5.97. The minimum atomic E-state index is -0.548. The Hall–Kier alpha value is -2.37. The molecule has 0 aliphatic heterocycles. The van der Waals surface area contributed by atoms with E-state index in [0.717, 1.165) is 0 Å². The lowest BCUT2D eigenvalue weighted by Crippen LogP contribution is -2.15. The Morgan fingerprint density at radius 3 is 2.80 bits per heavy atom. The molecule has 0 bridgehead atoms. The fourth-order valence-electron chi connectivity index (χ4n) is 1.28. The standard InChI is InChI=1S/C9H9N5O/c10-6-1-2-8(7(3-6)9(11)15)14-5-12-4-13-14/h1-5H,10H2,(H2,11,15). The van der Waals surface area contributed by atoms with Gasteiger partial charge >= 0.3 is 0 Å². The van der Waals surface area contributed by atoms with E-state index in [1.54, 1.807) is 12.1 Å². The third kappa shape index (κ3) is 1.64. The molecule has 1 aromatic heterocycles. The van der Waals surface area contributed by atoms with E-state index in [-0.39, 0.29) is 0 Å². The van der Waals surface area contributed by atoms with Crippen molar-refractivity contribution in [3.63, 3.8) is 0 Å². The van der Waals surface area contributed by atoms with Gasteiger partial charge in [-0.2, -0.15) is 5.10 Å². The van der Waals surface area contributed by atoms with Gasteiger partial charge in [-0.25, -0.2) is 9.67 Å². The van der Waals surface area contributed by atoms with Gasteiger partial charge in [-0.3, -0.25) is 4.79 Å². The smallest absolute Gasteiger partial charge is 0.250 e. The van der Waals surface area contributed by atoms with Gasteiger partial charge in [0.2, 0.25) is 0 Å². The number of carbonyl (C=O) groups is 1. The van der Waals surface area contributed by atoms with Gasteiger partial charge < -0.3 is 11.5 Å². The molecular formula is C9H9N5O. The first-order valence-electron chi connectivity index (χ1n) is 4.23. The van der Waals surface area contributed by atoms with E-state index in [1.807, 2.05) is 0 Å². The molecule has 2 rings (SSSR count). The highest BCUT2D eigenvalue weighted by atomic mass is 16.1. The number of nitrogen functional groups attached to an aromatic ring is 1. The quantitative estimate of drug-likeness (QED) is 0.668. The van der Waals surface area contributed by atoms with E-state index in [0.29, 0.717) is 16.9 Å². The highest BCUT2D eigenvalue weighted by Crippen LogP contribution is 2.16. The summed E-state index contributed by atoms with van der Waals surface area (Å²) in [6, 6.07) is 4.85. The molecule has 0 aliphatic carbocycles. The van der Waals surface area contributed by atoms with Crippen molar-refractivity contribution in [2.75, 3.05) is 5.73 Å². The summed E-state index contributed by atoms with van der Waals surface area (Å²) in [7, 11) is 0. The maximum absolute atomic E-state index is 11.2. The second-order valence-corrected chi connectivity index (χ2v) is 2.98. The Bertz CT molecular complexity index is 491. The summed E-state index contributed by atoms with van der Waals surface area (Å²) in [6.45, 7) is 0. The largest absolute Gasteiger partial charge is 0.399 e. The molecular weight excluding hydrogens is 194 g/mol. The number of hydrogen-bond donors (Lipinski definition) is 2. The zero-order chi connectivity index (χ0) is 10.8. The summed E-state index contributed by atoms with van der Waals surface area (Å²) in [5, 5.41) is 3.92. The molecule has 0 saturated carbocycles. The third-order valence-electron chi connectivity index (χ3n) is 1.95. The van der Waals surface area contributed by atoms with Crippen LogP contribution in [0.5, 0.6) is 0 Å². The van der Waals surface area contributed by atoms with Gasteiger partial charge in [0.1, 0.15) is 12.7 Å². The first-order valence-corrected chi connectivity index (χ1v) is 4.23. The molecule has 4 N–H and O–H groups in total. The minimum absolute atomic E-state index is 0.320. The summed E-state index contributed by atoms with van der Waals surface area (Å²) < 4.78 is 1.46. The summed E-state index contributed by atoms with van der Waals surface area (Å²) in [5.41, 5.74) is 12.2. The van der Waals surface area contributed by atoms with Gasteiger partial charge in [-0.05, 0) is 18.2 Å². The van der Waals surface area contributed by atoms with Gasteiger partial charge in [0.05, 0.1) is 11.3 Å². The number of amides is 1. The Morgan fingerprint density at radius 1 is 1.40 bits per heavy atom. The molecule has 0 saturated heterocycles. The van der Waals surface area contributed by atoms with Crippen molar-refractivity contribution in [3.05, 3.63) is 36.4 Å². The molecule has 0 unspecified atom stereocenters. The molecule has 0 radical (unpaired) electrons. The molecule has 0 atom stereocenters. The minimum Gasteiger partial charge on any atom is -0.399 e. The van der Waals surface area contributed by atoms with E-state index < -0.39 is 5.91 Å². The van der Waals surface area contributed by atoms with Gasteiger partial charge in [0, 0.05) is 5.69 Å². The van der Waals surface area contributed by atoms with Crippen LogP contribution in [0.25, 0.3) is 5.69 Å². The fourth-order valence-corrected chi connectivity index (χ4v) is 1.28. The van der Waals surface area contributed by atoms with E-state index >= 15 is 0 Å². The summed E-state index contributed by atoms with van der Waals surface area (Å²) >= 11 is 0. The van der Waals surface area contributed by atoms with Crippen LogP contribution in [0.4, 0.5) is 5.69 Å². The average Bonchev–Trinajstić information content (AvgIpc) is 2.70.